The summed E-state index contributed by atoms with van der Waals surface area (Å²) in [7, 11) is 0. The van der Waals surface area contributed by atoms with Crippen LogP contribution < -0.4 is 0 Å². The number of fused-ring (bicyclic) bond motifs is 5. The Kier molecular flexibility index (Phi) is 3.07. The van der Waals surface area contributed by atoms with Crippen LogP contribution in [-0.4, -0.2) is 34.7 Å². The van der Waals surface area contributed by atoms with Crippen LogP contribution in [0, 0.1) is 5.92 Å². The molecule has 0 amide bonds. The summed E-state index contributed by atoms with van der Waals surface area (Å²) in [5.74, 6) is 0.300. The Morgan fingerprint density at radius 2 is 2.29 bits per heavy atom. The smallest absolute Gasteiger partial charge is 0.0636 e. The molecule has 3 nitrogen and oxygen atoms in total. The zero-order valence-corrected chi connectivity index (χ0v) is 13.1. The fraction of sp³-hybridized carbons (Fsp3) is 0.529. The largest absolute Gasteiger partial charge is 0.396 e. The van der Waals surface area contributed by atoms with E-state index in [1.807, 2.05) is 6.07 Å². The maximum Gasteiger partial charge on any atom is 0.0636 e. The molecule has 0 saturated carbocycles. The Morgan fingerprint density at radius 1 is 1.43 bits per heavy atom. The van der Waals surface area contributed by atoms with Crippen LogP contribution in [0.2, 0.25) is 5.02 Å². The first-order chi connectivity index (χ1) is 10.1. The average molecular weight is 305 g/mol. The quantitative estimate of drug-likeness (QED) is 0.848. The molecule has 2 atom stereocenters. The van der Waals surface area contributed by atoms with E-state index < -0.39 is 0 Å². The lowest BCUT2D eigenvalue weighted by Crippen LogP contribution is -2.57. The van der Waals surface area contributed by atoms with Crippen molar-refractivity contribution >= 4 is 22.5 Å². The number of aliphatic hydroxyl groups is 1. The molecule has 21 heavy (non-hydrogen) atoms. The molecule has 3 heterocycles. The highest BCUT2D eigenvalue weighted by Gasteiger charge is 2.47. The molecule has 2 aliphatic heterocycles. The average Bonchev–Trinajstić information content (AvgIpc) is 2.85. The van der Waals surface area contributed by atoms with Gasteiger partial charge in [0.05, 0.1) is 5.54 Å². The summed E-state index contributed by atoms with van der Waals surface area (Å²) in [5, 5.41) is 11.9. The Hall–Kier alpha value is -1.03. The van der Waals surface area contributed by atoms with Crippen molar-refractivity contribution in [2.24, 2.45) is 5.92 Å². The number of H-pyrrole nitrogens is 1. The first kappa shape index (κ1) is 13.6. The SMILES string of the molecule is C[C@@]12c3[nH]c4ccc(Cl)cc4c3CCN1CCC[C@H]2CO. The van der Waals surface area contributed by atoms with Crippen molar-refractivity contribution in [3.05, 3.63) is 34.5 Å². The van der Waals surface area contributed by atoms with Gasteiger partial charge in [-0.05, 0) is 56.5 Å². The zero-order chi connectivity index (χ0) is 14.6. The second kappa shape index (κ2) is 4.73. The molecule has 1 aromatic carbocycles. The molecule has 2 aromatic rings. The third-order valence-electron chi connectivity index (χ3n) is 5.66. The summed E-state index contributed by atoms with van der Waals surface area (Å²) < 4.78 is 0. The summed E-state index contributed by atoms with van der Waals surface area (Å²) in [4.78, 5) is 6.19. The van der Waals surface area contributed by atoms with Gasteiger partial charge in [-0.3, -0.25) is 4.90 Å². The molecular weight excluding hydrogens is 284 g/mol. The van der Waals surface area contributed by atoms with E-state index in [0.29, 0.717) is 5.92 Å². The molecule has 0 unspecified atom stereocenters. The van der Waals surface area contributed by atoms with Gasteiger partial charge in [0.25, 0.3) is 0 Å². The van der Waals surface area contributed by atoms with Crippen LogP contribution in [0.5, 0.6) is 0 Å². The fourth-order valence-electron chi connectivity index (χ4n) is 4.43. The van der Waals surface area contributed by atoms with Gasteiger partial charge in [0.2, 0.25) is 0 Å². The number of halogens is 1. The Morgan fingerprint density at radius 3 is 3.10 bits per heavy atom. The molecule has 0 spiro atoms. The first-order valence-electron chi connectivity index (χ1n) is 7.81. The second-order valence-corrected chi connectivity index (χ2v) is 7.01. The van der Waals surface area contributed by atoms with Gasteiger partial charge >= 0.3 is 0 Å². The Labute approximate surface area is 129 Å². The maximum atomic E-state index is 9.88. The fourth-order valence-corrected chi connectivity index (χ4v) is 4.61. The molecule has 2 aliphatic rings. The molecule has 0 radical (unpaired) electrons. The van der Waals surface area contributed by atoms with Crippen molar-refractivity contribution in [3.8, 4) is 0 Å². The minimum atomic E-state index is -0.0773. The maximum absolute atomic E-state index is 9.88. The predicted molar refractivity (Wildman–Crippen MR) is 85.7 cm³/mol. The van der Waals surface area contributed by atoms with Gasteiger partial charge in [-0.2, -0.15) is 0 Å². The number of nitrogens with zero attached hydrogens (tertiary/aromatic N) is 1. The lowest BCUT2D eigenvalue weighted by atomic mass is 9.72. The number of benzene rings is 1. The van der Waals surface area contributed by atoms with E-state index in [1.165, 1.54) is 23.1 Å². The molecular formula is C17H21ClN2O. The van der Waals surface area contributed by atoms with Crippen LogP contribution >= 0.6 is 11.6 Å². The van der Waals surface area contributed by atoms with Gasteiger partial charge in [0, 0.05) is 40.7 Å². The lowest BCUT2D eigenvalue weighted by molar-refractivity contribution is -0.0303. The number of aromatic amines is 1. The van der Waals surface area contributed by atoms with Crippen LogP contribution in [0.4, 0.5) is 0 Å². The predicted octanol–water partition coefficient (Wildman–Crippen LogP) is 3.30. The number of rotatable bonds is 1. The van der Waals surface area contributed by atoms with E-state index in [2.05, 4.69) is 28.9 Å². The van der Waals surface area contributed by atoms with E-state index >= 15 is 0 Å². The number of nitrogens with one attached hydrogen (secondary N) is 1. The molecule has 1 fully saturated rings. The van der Waals surface area contributed by atoms with Crippen molar-refractivity contribution in [1.29, 1.82) is 0 Å². The first-order valence-corrected chi connectivity index (χ1v) is 8.19. The Bertz CT molecular complexity index is 695. The molecule has 112 valence electrons. The number of aromatic nitrogens is 1. The third kappa shape index (κ3) is 1.81. The minimum absolute atomic E-state index is 0.0773. The van der Waals surface area contributed by atoms with E-state index in [0.717, 1.165) is 36.5 Å². The monoisotopic (exact) mass is 304 g/mol. The van der Waals surface area contributed by atoms with Crippen molar-refractivity contribution < 1.29 is 5.11 Å². The Balaban J connectivity index is 1.95. The highest BCUT2D eigenvalue weighted by atomic mass is 35.5. The van der Waals surface area contributed by atoms with E-state index in [9.17, 15) is 5.11 Å². The van der Waals surface area contributed by atoms with Gasteiger partial charge in [-0.1, -0.05) is 11.6 Å². The summed E-state index contributed by atoms with van der Waals surface area (Å²) in [6, 6.07) is 6.08. The zero-order valence-electron chi connectivity index (χ0n) is 12.3. The van der Waals surface area contributed by atoms with Crippen LogP contribution in [0.25, 0.3) is 10.9 Å². The number of hydrogen-bond acceptors (Lipinski definition) is 2. The molecule has 2 N–H and O–H groups in total. The number of hydrogen-bond donors (Lipinski definition) is 2. The van der Waals surface area contributed by atoms with Crippen LogP contribution in [0.1, 0.15) is 31.0 Å². The standard InChI is InChI=1S/C17H21ClN2O/c1-17-11(10-21)3-2-7-20(17)8-6-13-14-9-12(18)4-5-15(14)19-16(13)17/h4-5,9,11,19,21H,2-3,6-8,10H2,1H3/t11-,17+/m0/s1. The van der Waals surface area contributed by atoms with Crippen LogP contribution in [-0.2, 0) is 12.0 Å². The van der Waals surface area contributed by atoms with Crippen molar-refractivity contribution in [2.45, 2.75) is 31.7 Å². The van der Waals surface area contributed by atoms with Crippen LogP contribution in [0.15, 0.2) is 18.2 Å². The number of piperidine rings is 1. The highest BCUT2D eigenvalue weighted by molar-refractivity contribution is 6.31. The van der Waals surface area contributed by atoms with Crippen LogP contribution in [0.3, 0.4) is 0 Å². The number of aliphatic hydroxyl groups excluding tert-OH is 1. The molecule has 4 heteroatoms. The van der Waals surface area contributed by atoms with E-state index in [-0.39, 0.29) is 12.1 Å². The lowest BCUT2D eigenvalue weighted by Gasteiger charge is -2.52. The molecule has 0 aliphatic carbocycles. The van der Waals surface area contributed by atoms with Gasteiger partial charge < -0.3 is 10.1 Å². The molecule has 4 rings (SSSR count). The van der Waals surface area contributed by atoms with Gasteiger partial charge in [-0.15, -0.1) is 0 Å². The van der Waals surface area contributed by atoms with Gasteiger partial charge in [-0.25, -0.2) is 0 Å². The highest BCUT2D eigenvalue weighted by Crippen LogP contribution is 2.47. The molecule has 1 aromatic heterocycles. The topological polar surface area (TPSA) is 39.3 Å². The minimum Gasteiger partial charge on any atom is -0.396 e. The third-order valence-corrected chi connectivity index (χ3v) is 5.89. The summed E-state index contributed by atoms with van der Waals surface area (Å²) in [5.41, 5.74) is 3.78. The van der Waals surface area contributed by atoms with Crippen molar-refractivity contribution in [2.75, 3.05) is 19.7 Å². The summed E-state index contributed by atoms with van der Waals surface area (Å²) >= 11 is 6.18. The molecule has 0 bridgehead atoms. The van der Waals surface area contributed by atoms with Gasteiger partial charge in [0.15, 0.2) is 0 Å². The van der Waals surface area contributed by atoms with Crippen molar-refractivity contribution in [3.63, 3.8) is 0 Å². The second-order valence-electron chi connectivity index (χ2n) is 6.57. The van der Waals surface area contributed by atoms with E-state index in [1.54, 1.807) is 0 Å². The van der Waals surface area contributed by atoms with Gasteiger partial charge in [0.1, 0.15) is 0 Å². The summed E-state index contributed by atoms with van der Waals surface area (Å²) in [6.45, 7) is 4.74. The summed E-state index contributed by atoms with van der Waals surface area (Å²) in [6.07, 6.45) is 3.34. The normalized spacial score (nSPS) is 29.4. The van der Waals surface area contributed by atoms with Crippen molar-refractivity contribution in [1.82, 2.24) is 9.88 Å². The van der Waals surface area contributed by atoms with E-state index in [4.69, 9.17) is 11.6 Å². The molecule has 1 saturated heterocycles.